The Morgan fingerprint density at radius 2 is 1.94 bits per heavy atom. The Hall–Kier alpha value is -2.33. The molecule has 0 bridgehead atoms. The van der Waals surface area contributed by atoms with Gasteiger partial charge >= 0.3 is 6.36 Å². The first-order chi connectivity index (χ1) is 15.7. The Morgan fingerprint density at radius 3 is 2.48 bits per heavy atom. The number of hydrogen-bond acceptors (Lipinski definition) is 6. The van der Waals surface area contributed by atoms with Crippen molar-refractivity contribution in [2.24, 2.45) is 11.8 Å². The molecular weight excluding hydrogens is 435 g/mol. The molecule has 2 aromatic rings. The zero-order valence-corrected chi connectivity index (χ0v) is 18.7. The second kappa shape index (κ2) is 7.09. The molecule has 0 aromatic carbocycles. The molecule has 1 spiro atoms. The Labute approximate surface area is 190 Å². The van der Waals surface area contributed by atoms with E-state index in [1.807, 2.05) is 10.7 Å². The number of anilines is 1. The summed E-state index contributed by atoms with van der Waals surface area (Å²) in [4.78, 5) is 6.58. The molecule has 2 saturated carbocycles. The van der Waals surface area contributed by atoms with Crippen LogP contribution < -0.4 is 10.5 Å². The second-order valence-corrected chi connectivity index (χ2v) is 10.3. The standard InChI is InChI=1S/C23H28F3N5O2/c1-12(2)31-18(6-17(29-31)13-5-19(21(27)28-9-13)33-23(24,25)26)20-15-7-22(8-16(15)20)3-4-30(22)14-10-32-11-14/h5-6,9,12,14-16,20H,3-4,7-8,10-11H2,1-2H3,(H2,27,28)/t15-,16+,20-,22-. The number of pyridine rings is 1. The van der Waals surface area contributed by atoms with E-state index in [-0.39, 0.29) is 11.9 Å². The molecule has 178 valence electrons. The van der Waals surface area contributed by atoms with Crippen LogP contribution in [0.3, 0.4) is 0 Å². The van der Waals surface area contributed by atoms with Crippen LogP contribution >= 0.6 is 0 Å². The number of fused-ring (bicyclic) bond motifs is 1. The summed E-state index contributed by atoms with van der Waals surface area (Å²) in [5, 5.41) is 4.74. The fourth-order valence-electron chi connectivity index (χ4n) is 6.38. The smallest absolute Gasteiger partial charge is 0.402 e. The lowest BCUT2D eigenvalue weighted by Gasteiger charge is -2.57. The maximum absolute atomic E-state index is 12.7. The number of aromatic nitrogens is 3. The van der Waals surface area contributed by atoms with Crippen LogP contribution in [-0.2, 0) is 4.74 Å². The number of rotatable bonds is 5. The number of nitrogens with zero attached hydrogens (tertiary/aromatic N) is 4. The van der Waals surface area contributed by atoms with E-state index in [9.17, 15) is 13.2 Å². The highest BCUT2D eigenvalue weighted by molar-refractivity contribution is 5.64. The third-order valence-electron chi connectivity index (χ3n) is 8.05. The summed E-state index contributed by atoms with van der Waals surface area (Å²) in [5.74, 6) is 0.931. The highest BCUT2D eigenvalue weighted by Crippen LogP contribution is 2.69. The summed E-state index contributed by atoms with van der Waals surface area (Å²) in [7, 11) is 0. The molecule has 0 amide bonds. The molecule has 0 unspecified atom stereocenters. The van der Waals surface area contributed by atoms with E-state index in [0.29, 0.717) is 40.6 Å². The van der Waals surface area contributed by atoms with E-state index in [2.05, 4.69) is 28.5 Å². The van der Waals surface area contributed by atoms with Crippen LogP contribution in [-0.4, -0.2) is 57.4 Å². The highest BCUT2D eigenvalue weighted by atomic mass is 19.4. The van der Waals surface area contributed by atoms with Crippen molar-refractivity contribution in [1.29, 1.82) is 0 Å². The minimum absolute atomic E-state index is 0.143. The highest BCUT2D eigenvalue weighted by Gasteiger charge is 2.67. The van der Waals surface area contributed by atoms with Crippen LogP contribution in [0.5, 0.6) is 5.75 Å². The van der Waals surface area contributed by atoms with Gasteiger partial charge in [-0.25, -0.2) is 4.98 Å². The van der Waals surface area contributed by atoms with E-state index >= 15 is 0 Å². The van der Waals surface area contributed by atoms with Gasteiger partial charge in [0.05, 0.1) is 24.9 Å². The zero-order chi connectivity index (χ0) is 23.1. The molecule has 7 nitrogen and oxygen atoms in total. The fourth-order valence-corrected chi connectivity index (χ4v) is 6.38. The molecule has 4 fully saturated rings. The summed E-state index contributed by atoms with van der Waals surface area (Å²) < 4.78 is 49.7. The maximum Gasteiger partial charge on any atom is 0.573 e. The first-order valence-corrected chi connectivity index (χ1v) is 11.6. The van der Waals surface area contributed by atoms with Crippen LogP contribution in [0.2, 0.25) is 0 Å². The minimum Gasteiger partial charge on any atom is -0.402 e. The van der Waals surface area contributed by atoms with E-state index in [1.54, 1.807) is 0 Å². The van der Waals surface area contributed by atoms with Gasteiger partial charge in [0, 0.05) is 41.5 Å². The van der Waals surface area contributed by atoms with E-state index in [4.69, 9.17) is 15.6 Å². The third-order valence-corrected chi connectivity index (χ3v) is 8.05. The van der Waals surface area contributed by atoms with Gasteiger partial charge < -0.3 is 15.2 Å². The van der Waals surface area contributed by atoms with Gasteiger partial charge in [0.25, 0.3) is 0 Å². The summed E-state index contributed by atoms with van der Waals surface area (Å²) in [6.45, 7) is 7.05. The Morgan fingerprint density at radius 1 is 1.21 bits per heavy atom. The number of halogens is 3. The van der Waals surface area contributed by atoms with Crippen molar-refractivity contribution in [2.75, 3.05) is 25.5 Å². The van der Waals surface area contributed by atoms with Crippen molar-refractivity contribution in [3.05, 3.63) is 24.0 Å². The molecule has 0 radical (unpaired) electrons. The largest absolute Gasteiger partial charge is 0.573 e. The first kappa shape index (κ1) is 21.2. The quantitative estimate of drug-likeness (QED) is 0.723. The van der Waals surface area contributed by atoms with Crippen molar-refractivity contribution < 1.29 is 22.6 Å². The number of hydrogen-bond donors (Lipinski definition) is 1. The predicted molar refractivity (Wildman–Crippen MR) is 115 cm³/mol. The lowest BCUT2D eigenvalue weighted by Crippen LogP contribution is -2.67. The molecule has 6 rings (SSSR count). The second-order valence-electron chi connectivity index (χ2n) is 10.3. The fraction of sp³-hybridized carbons (Fsp3) is 0.652. The maximum atomic E-state index is 12.7. The summed E-state index contributed by atoms with van der Waals surface area (Å²) in [6, 6.07) is 4.01. The number of nitrogen functional groups attached to an aromatic ring is 1. The summed E-state index contributed by atoms with van der Waals surface area (Å²) >= 11 is 0. The average Bonchev–Trinajstić information content (AvgIpc) is 3.06. The monoisotopic (exact) mass is 463 g/mol. The summed E-state index contributed by atoms with van der Waals surface area (Å²) in [5.41, 5.74) is 8.17. The van der Waals surface area contributed by atoms with Crippen LogP contribution in [0, 0.1) is 11.8 Å². The van der Waals surface area contributed by atoms with Gasteiger partial charge in [-0.05, 0) is 57.1 Å². The van der Waals surface area contributed by atoms with Crippen molar-refractivity contribution >= 4 is 5.82 Å². The number of ether oxygens (including phenoxy) is 2. The van der Waals surface area contributed by atoms with Gasteiger partial charge in [-0.2, -0.15) is 5.10 Å². The molecule has 10 heteroatoms. The molecule has 33 heavy (non-hydrogen) atoms. The molecule has 4 heterocycles. The number of nitrogens with two attached hydrogens (primary N) is 1. The average molecular weight is 464 g/mol. The molecule has 2 aliphatic carbocycles. The Balaban J connectivity index is 1.24. The predicted octanol–water partition coefficient (Wildman–Crippen LogP) is 3.97. The van der Waals surface area contributed by atoms with Crippen LogP contribution in [0.15, 0.2) is 18.3 Å². The van der Waals surface area contributed by atoms with Crippen LogP contribution in [0.4, 0.5) is 19.0 Å². The van der Waals surface area contributed by atoms with Gasteiger partial charge in [0.15, 0.2) is 11.6 Å². The van der Waals surface area contributed by atoms with E-state index < -0.39 is 12.1 Å². The molecular formula is C23H28F3N5O2. The van der Waals surface area contributed by atoms with Gasteiger partial charge in [-0.15, -0.1) is 13.2 Å². The normalized spacial score (nSPS) is 31.5. The molecule has 4 atom stereocenters. The summed E-state index contributed by atoms with van der Waals surface area (Å²) in [6.07, 6.45) is 0.316. The molecule has 2 N–H and O–H groups in total. The molecule has 2 aliphatic heterocycles. The molecule has 2 saturated heterocycles. The first-order valence-electron chi connectivity index (χ1n) is 11.6. The van der Waals surface area contributed by atoms with E-state index in [1.165, 1.54) is 38.1 Å². The van der Waals surface area contributed by atoms with Crippen molar-refractivity contribution in [3.8, 4) is 17.0 Å². The number of alkyl halides is 3. The van der Waals surface area contributed by atoms with Gasteiger partial charge in [-0.3, -0.25) is 9.58 Å². The zero-order valence-electron chi connectivity index (χ0n) is 18.7. The van der Waals surface area contributed by atoms with Crippen LogP contribution in [0.25, 0.3) is 11.3 Å². The number of likely N-dealkylation sites (tertiary alicyclic amines) is 1. The van der Waals surface area contributed by atoms with Crippen molar-refractivity contribution in [1.82, 2.24) is 19.7 Å². The van der Waals surface area contributed by atoms with Crippen molar-refractivity contribution in [2.45, 2.75) is 63.0 Å². The van der Waals surface area contributed by atoms with Crippen LogP contribution in [0.1, 0.15) is 50.8 Å². The van der Waals surface area contributed by atoms with Crippen molar-refractivity contribution in [3.63, 3.8) is 0 Å². The lowest BCUT2D eigenvalue weighted by molar-refractivity contribution is -0.274. The Kier molecular flexibility index (Phi) is 4.56. The SMILES string of the molecule is CC(C)n1nc(-c2cnc(N)c(OC(F)(F)F)c2)cc1[C@@H]1[C@@H]2C[C@]3(CCN3C3COC3)C[C@@H]21. The molecule has 2 aromatic heterocycles. The Bertz CT molecular complexity index is 1070. The van der Waals surface area contributed by atoms with E-state index in [0.717, 1.165) is 18.9 Å². The molecule has 4 aliphatic rings. The van der Waals surface area contributed by atoms with Gasteiger partial charge in [-0.1, -0.05) is 0 Å². The third kappa shape index (κ3) is 3.41. The topological polar surface area (TPSA) is 78.4 Å². The van der Waals surface area contributed by atoms with Gasteiger partial charge in [0.1, 0.15) is 0 Å². The lowest BCUT2D eigenvalue weighted by atomic mass is 9.77. The minimum atomic E-state index is -4.83. The van der Waals surface area contributed by atoms with Gasteiger partial charge in [0.2, 0.25) is 0 Å².